The minimum absolute atomic E-state index is 0.0431. The molecule has 4 aromatic rings. The summed E-state index contributed by atoms with van der Waals surface area (Å²) in [4.78, 5) is 39.8. The zero-order valence-electron chi connectivity index (χ0n) is 29.8. The molecule has 0 saturated carbocycles. The van der Waals surface area contributed by atoms with Gasteiger partial charge in [0.2, 0.25) is 11.8 Å². The van der Waals surface area contributed by atoms with Crippen LogP contribution in [0.3, 0.4) is 0 Å². The number of likely N-dealkylation sites (N-methyl/N-ethyl adjacent to an activating group) is 1. The summed E-state index contributed by atoms with van der Waals surface area (Å²) < 4.78 is 32.5. The molecule has 1 fully saturated rings. The van der Waals surface area contributed by atoms with E-state index in [4.69, 9.17) is 14.2 Å². The number of aromatic nitrogens is 2. The smallest absolute Gasteiger partial charge is 0.262 e. The van der Waals surface area contributed by atoms with Gasteiger partial charge in [-0.2, -0.15) is 4.98 Å². The zero-order valence-corrected chi connectivity index (χ0v) is 29.8. The van der Waals surface area contributed by atoms with Crippen molar-refractivity contribution in [3.63, 3.8) is 0 Å². The van der Waals surface area contributed by atoms with Gasteiger partial charge in [0.15, 0.2) is 23.1 Å². The maximum absolute atomic E-state index is 15.1. The van der Waals surface area contributed by atoms with E-state index in [0.717, 1.165) is 56.7 Å². The highest BCUT2D eigenvalue weighted by atomic mass is 19.1. The average Bonchev–Trinajstić information content (AvgIpc) is 3.12. The first-order valence-corrected chi connectivity index (χ1v) is 17.1. The first-order chi connectivity index (χ1) is 24.6. The Morgan fingerprint density at radius 2 is 1.69 bits per heavy atom. The molecule has 51 heavy (non-hydrogen) atoms. The Bertz CT molecular complexity index is 1810. The number of nitrogens with zero attached hydrogens (tertiary/aromatic N) is 4. The number of rotatable bonds is 15. The van der Waals surface area contributed by atoms with Crippen molar-refractivity contribution in [3.8, 4) is 23.1 Å². The number of benzene rings is 3. The molecule has 3 aromatic carbocycles. The fraction of sp³-hybridized carbons (Fsp3) is 0.368. The van der Waals surface area contributed by atoms with E-state index in [-0.39, 0.29) is 40.5 Å². The van der Waals surface area contributed by atoms with Crippen molar-refractivity contribution in [2.45, 2.75) is 33.6 Å². The number of para-hydroxylation sites is 1. The van der Waals surface area contributed by atoms with Crippen LogP contribution in [-0.2, 0) is 0 Å². The van der Waals surface area contributed by atoms with E-state index < -0.39 is 11.7 Å². The van der Waals surface area contributed by atoms with Crippen molar-refractivity contribution in [1.29, 1.82) is 0 Å². The molecule has 0 spiro atoms. The standard InChI is InChI=1S/C38H46FN7O5/c1-6-15-40-35(47)27-11-13-32(33(22-27)49-5)51-37-29(36(48)43-34-25(2)9-7-10-26(34)3)24-41-38(44-37)42-28-12-14-31(30(39)23-28)50-21-8-16-46-19-17-45(4)18-20-46/h7,9-14,22-24H,6,8,15-21H2,1-5H3,(H,40,47)(H,43,48)(H,41,42,44). The molecular weight excluding hydrogens is 653 g/mol. The summed E-state index contributed by atoms with van der Waals surface area (Å²) in [6, 6.07) is 14.9. The average molecular weight is 700 g/mol. The van der Waals surface area contributed by atoms with Crippen LogP contribution in [0.4, 0.5) is 21.7 Å². The summed E-state index contributed by atoms with van der Waals surface area (Å²) in [5.74, 6) is -0.677. The largest absolute Gasteiger partial charge is 0.493 e. The summed E-state index contributed by atoms with van der Waals surface area (Å²) >= 11 is 0. The van der Waals surface area contributed by atoms with Crippen LogP contribution < -0.4 is 30.2 Å². The fourth-order valence-electron chi connectivity index (χ4n) is 5.56. The Balaban J connectivity index is 1.34. The van der Waals surface area contributed by atoms with Crippen LogP contribution in [0.15, 0.2) is 60.8 Å². The molecular formula is C38H46FN7O5. The van der Waals surface area contributed by atoms with Gasteiger partial charge in [-0.15, -0.1) is 0 Å². The van der Waals surface area contributed by atoms with Gasteiger partial charge in [-0.25, -0.2) is 9.37 Å². The molecule has 12 nitrogen and oxygen atoms in total. The number of halogens is 1. The summed E-state index contributed by atoms with van der Waals surface area (Å²) in [6.07, 6.45) is 2.92. The number of carbonyl (C=O) groups is 2. The summed E-state index contributed by atoms with van der Waals surface area (Å²) in [5, 5.41) is 8.77. The lowest BCUT2D eigenvalue weighted by atomic mass is 10.1. The van der Waals surface area contributed by atoms with Crippen molar-refractivity contribution < 1.29 is 28.2 Å². The number of aryl methyl sites for hydroxylation is 2. The molecule has 0 bridgehead atoms. The maximum Gasteiger partial charge on any atom is 0.262 e. The predicted molar refractivity (Wildman–Crippen MR) is 195 cm³/mol. The molecule has 1 aromatic heterocycles. The number of ether oxygens (including phenoxy) is 3. The Morgan fingerprint density at radius 1 is 0.941 bits per heavy atom. The van der Waals surface area contributed by atoms with E-state index in [1.807, 2.05) is 39.0 Å². The van der Waals surface area contributed by atoms with Crippen LogP contribution in [0.2, 0.25) is 0 Å². The molecule has 0 unspecified atom stereocenters. The molecule has 1 aliphatic heterocycles. The van der Waals surface area contributed by atoms with Crippen LogP contribution in [0.1, 0.15) is 51.6 Å². The highest BCUT2D eigenvalue weighted by molar-refractivity contribution is 6.06. The molecule has 0 radical (unpaired) electrons. The molecule has 3 N–H and O–H groups in total. The van der Waals surface area contributed by atoms with Crippen molar-refractivity contribution >= 4 is 29.1 Å². The minimum Gasteiger partial charge on any atom is -0.493 e. The van der Waals surface area contributed by atoms with Crippen LogP contribution >= 0.6 is 0 Å². The maximum atomic E-state index is 15.1. The number of piperazine rings is 1. The van der Waals surface area contributed by atoms with Crippen LogP contribution in [-0.4, -0.2) is 91.6 Å². The van der Waals surface area contributed by atoms with Gasteiger partial charge in [-0.05, 0) is 75.2 Å². The van der Waals surface area contributed by atoms with Gasteiger partial charge < -0.3 is 40.0 Å². The fourth-order valence-corrected chi connectivity index (χ4v) is 5.56. The van der Waals surface area contributed by atoms with E-state index in [1.54, 1.807) is 30.3 Å². The third kappa shape index (κ3) is 9.92. The van der Waals surface area contributed by atoms with Crippen LogP contribution in [0.25, 0.3) is 0 Å². The normalized spacial score (nSPS) is 13.4. The van der Waals surface area contributed by atoms with Crippen molar-refractivity contribution in [2.24, 2.45) is 0 Å². The second-order valence-corrected chi connectivity index (χ2v) is 12.5. The van der Waals surface area contributed by atoms with E-state index in [0.29, 0.717) is 30.1 Å². The molecule has 0 atom stereocenters. The molecule has 5 rings (SSSR count). The highest BCUT2D eigenvalue weighted by Crippen LogP contribution is 2.34. The van der Waals surface area contributed by atoms with Crippen molar-refractivity contribution in [1.82, 2.24) is 25.1 Å². The quantitative estimate of drug-likeness (QED) is 0.124. The Hall–Kier alpha value is -5.27. The molecule has 270 valence electrons. The number of methoxy groups -OCH3 is 1. The van der Waals surface area contributed by atoms with Crippen LogP contribution in [0.5, 0.6) is 23.1 Å². The number of carbonyl (C=O) groups excluding carboxylic acids is 2. The van der Waals surface area contributed by atoms with E-state index in [2.05, 4.69) is 42.8 Å². The second kappa shape index (κ2) is 17.6. The molecule has 0 aliphatic carbocycles. The monoisotopic (exact) mass is 699 g/mol. The summed E-state index contributed by atoms with van der Waals surface area (Å²) in [5.41, 5.74) is 3.22. The number of hydrogen-bond acceptors (Lipinski definition) is 10. The third-order valence-corrected chi connectivity index (χ3v) is 8.55. The number of amides is 2. The van der Waals surface area contributed by atoms with E-state index in [1.165, 1.54) is 19.4 Å². The Labute approximate surface area is 298 Å². The zero-order chi connectivity index (χ0) is 36.3. The van der Waals surface area contributed by atoms with Gasteiger partial charge in [0.05, 0.1) is 13.7 Å². The lowest BCUT2D eigenvalue weighted by Gasteiger charge is -2.32. The molecule has 1 saturated heterocycles. The van der Waals surface area contributed by atoms with E-state index in [9.17, 15) is 9.59 Å². The molecule has 2 amide bonds. The number of anilines is 3. The van der Waals surface area contributed by atoms with Gasteiger partial charge in [0.1, 0.15) is 5.56 Å². The minimum atomic E-state index is -0.534. The lowest BCUT2D eigenvalue weighted by Crippen LogP contribution is -2.44. The lowest BCUT2D eigenvalue weighted by molar-refractivity contribution is 0.0952. The Morgan fingerprint density at radius 3 is 2.39 bits per heavy atom. The summed E-state index contributed by atoms with van der Waals surface area (Å²) in [7, 11) is 3.57. The van der Waals surface area contributed by atoms with Crippen molar-refractivity contribution in [2.75, 3.05) is 70.7 Å². The predicted octanol–water partition coefficient (Wildman–Crippen LogP) is 6.19. The number of hydrogen-bond donors (Lipinski definition) is 3. The van der Waals surface area contributed by atoms with E-state index >= 15 is 4.39 Å². The number of nitrogens with one attached hydrogen (secondary N) is 3. The highest BCUT2D eigenvalue weighted by Gasteiger charge is 2.21. The van der Waals surface area contributed by atoms with Gasteiger partial charge in [-0.3, -0.25) is 9.59 Å². The third-order valence-electron chi connectivity index (χ3n) is 8.55. The summed E-state index contributed by atoms with van der Waals surface area (Å²) in [6.45, 7) is 11.7. The first kappa shape index (κ1) is 37.0. The van der Waals surface area contributed by atoms with Crippen LogP contribution in [0, 0.1) is 19.7 Å². The van der Waals surface area contributed by atoms with Gasteiger partial charge in [0.25, 0.3) is 11.8 Å². The van der Waals surface area contributed by atoms with Gasteiger partial charge in [-0.1, -0.05) is 25.1 Å². The SMILES string of the molecule is CCCNC(=O)c1ccc(Oc2nc(Nc3ccc(OCCCN4CCN(C)CC4)c(F)c3)ncc2C(=O)Nc2c(C)cccc2C)c(OC)c1. The second-order valence-electron chi connectivity index (χ2n) is 12.5. The van der Waals surface area contributed by atoms with Gasteiger partial charge in [0, 0.05) is 68.5 Å². The molecule has 1 aliphatic rings. The van der Waals surface area contributed by atoms with Gasteiger partial charge >= 0.3 is 0 Å². The molecule has 13 heteroatoms. The molecule has 2 heterocycles. The van der Waals surface area contributed by atoms with Crippen molar-refractivity contribution in [3.05, 3.63) is 88.9 Å². The topological polar surface area (TPSA) is 130 Å². The first-order valence-electron chi connectivity index (χ1n) is 17.1. The Kier molecular flexibility index (Phi) is 12.8.